The molecule has 0 aromatic heterocycles. The SMILES string of the molecule is COC1CCNCC1c1cccc(Br)c1. The number of methoxy groups -OCH3 is 1. The largest absolute Gasteiger partial charge is 0.381 e. The van der Waals surface area contributed by atoms with E-state index in [-0.39, 0.29) is 0 Å². The molecule has 1 aromatic carbocycles. The highest BCUT2D eigenvalue weighted by Crippen LogP contribution is 2.27. The van der Waals surface area contributed by atoms with Gasteiger partial charge in [-0.3, -0.25) is 0 Å². The molecule has 1 fully saturated rings. The number of ether oxygens (including phenoxy) is 1. The lowest BCUT2D eigenvalue weighted by Gasteiger charge is -2.31. The van der Waals surface area contributed by atoms with Gasteiger partial charge in [0, 0.05) is 24.0 Å². The molecule has 2 rings (SSSR count). The van der Waals surface area contributed by atoms with Crippen molar-refractivity contribution in [3.05, 3.63) is 34.3 Å². The summed E-state index contributed by atoms with van der Waals surface area (Å²) in [5, 5.41) is 3.42. The summed E-state index contributed by atoms with van der Waals surface area (Å²) in [6, 6.07) is 8.50. The van der Waals surface area contributed by atoms with Gasteiger partial charge in [-0.25, -0.2) is 0 Å². The van der Waals surface area contributed by atoms with Crippen molar-refractivity contribution in [2.75, 3.05) is 20.2 Å². The van der Waals surface area contributed by atoms with Crippen LogP contribution in [0.15, 0.2) is 28.7 Å². The molecular weight excluding hydrogens is 254 g/mol. The predicted molar refractivity (Wildman–Crippen MR) is 65.2 cm³/mol. The number of nitrogens with one attached hydrogen (secondary N) is 1. The van der Waals surface area contributed by atoms with Crippen molar-refractivity contribution in [3.8, 4) is 0 Å². The number of halogens is 1. The van der Waals surface area contributed by atoms with E-state index in [2.05, 4.69) is 45.5 Å². The Balaban J connectivity index is 2.20. The average molecular weight is 270 g/mol. The van der Waals surface area contributed by atoms with Crippen LogP contribution in [0.25, 0.3) is 0 Å². The van der Waals surface area contributed by atoms with Crippen LogP contribution in [0, 0.1) is 0 Å². The number of piperidine rings is 1. The second-order valence-electron chi connectivity index (χ2n) is 3.93. The van der Waals surface area contributed by atoms with Crippen molar-refractivity contribution < 1.29 is 4.74 Å². The lowest BCUT2D eigenvalue weighted by atomic mass is 9.89. The van der Waals surface area contributed by atoms with Crippen molar-refractivity contribution in [1.29, 1.82) is 0 Å². The molecule has 82 valence electrons. The number of hydrogen-bond acceptors (Lipinski definition) is 2. The molecule has 0 amide bonds. The highest BCUT2D eigenvalue weighted by atomic mass is 79.9. The minimum Gasteiger partial charge on any atom is -0.381 e. The summed E-state index contributed by atoms with van der Waals surface area (Å²) < 4.78 is 6.68. The first-order valence-electron chi connectivity index (χ1n) is 5.30. The lowest BCUT2D eigenvalue weighted by molar-refractivity contribution is 0.0585. The molecule has 0 spiro atoms. The molecule has 1 saturated heterocycles. The van der Waals surface area contributed by atoms with Crippen LogP contribution >= 0.6 is 15.9 Å². The van der Waals surface area contributed by atoms with Gasteiger partial charge in [0.1, 0.15) is 0 Å². The van der Waals surface area contributed by atoms with Crippen LogP contribution in [0.5, 0.6) is 0 Å². The fourth-order valence-electron chi connectivity index (χ4n) is 2.19. The summed E-state index contributed by atoms with van der Waals surface area (Å²) in [6.07, 6.45) is 1.44. The van der Waals surface area contributed by atoms with Gasteiger partial charge in [-0.05, 0) is 30.7 Å². The Kier molecular flexibility index (Phi) is 3.78. The van der Waals surface area contributed by atoms with E-state index < -0.39 is 0 Å². The Morgan fingerprint density at radius 2 is 2.33 bits per heavy atom. The van der Waals surface area contributed by atoms with Gasteiger partial charge in [0.25, 0.3) is 0 Å². The van der Waals surface area contributed by atoms with Gasteiger partial charge in [0.2, 0.25) is 0 Å². The minimum absolute atomic E-state index is 0.348. The molecule has 3 heteroatoms. The lowest BCUT2D eigenvalue weighted by Crippen LogP contribution is -2.39. The van der Waals surface area contributed by atoms with E-state index in [4.69, 9.17) is 4.74 Å². The third-order valence-corrected chi connectivity index (χ3v) is 3.49. The van der Waals surface area contributed by atoms with Crippen LogP contribution in [0.2, 0.25) is 0 Å². The summed E-state index contributed by atoms with van der Waals surface area (Å²) in [5.74, 6) is 0.473. The van der Waals surface area contributed by atoms with Crippen LogP contribution in [-0.4, -0.2) is 26.3 Å². The standard InChI is InChI=1S/C12H16BrNO/c1-15-12-5-6-14-8-11(12)9-3-2-4-10(13)7-9/h2-4,7,11-12,14H,5-6,8H2,1H3. The number of rotatable bonds is 2. The maximum absolute atomic E-state index is 5.54. The first-order valence-corrected chi connectivity index (χ1v) is 6.09. The van der Waals surface area contributed by atoms with Gasteiger partial charge in [-0.2, -0.15) is 0 Å². The number of benzene rings is 1. The monoisotopic (exact) mass is 269 g/mol. The fourth-order valence-corrected chi connectivity index (χ4v) is 2.60. The van der Waals surface area contributed by atoms with Gasteiger partial charge >= 0.3 is 0 Å². The van der Waals surface area contributed by atoms with Crippen LogP contribution in [0.4, 0.5) is 0 Å². The van der Waals surface area contributed by atoms with Crippen LogP contribution < -0.4 is 5.32 Å². The Morgan fingerprint density at radius 3 is 3.07 bits per heavy atom. The molecule has 2 atom stereocenters. The molecule has 1 aliphatic heterocycles. The minimum atomic E-state index is 0.348. The zero-order valence-corrected chi connectivity index (χ0v) is 10.5. The Hall–Kier alpha value is -0.380. The van der Waals surface area contributed by atoms with E-state index >= 15 is 0 Å². The summed E-state index contributed by atoms with van der Waals surface area (Å²) >= 11 is 3.51. The molecular formula is C12H16BrNO. The highest BCUT2D eigenvalue weighted by molar-refractivity contribution is 9.10. The zero-order chi connectivity index (χ0) is 10.7. The molecule has 0 saturated carbocycles. The molecule has 0 radical (unpaired) electrons. The van der Waals surface area contributed by atoms with E-state index in [0.717, 1.165) is 24.0 Å². The molecule has 1 heterocycles. The first kappa shape index (κ1) is 11.1. The maximum atomic E-state index is 5.54. The fraction of sp³-hybridized carbons (Fsp3) is 0.500. The van der Waals surface area contributed by atoms with Gasteiger partial charge in [-0.15, -0.1) is 0 Å². The van der Waals surface area contributed by atoms with Crippen LogP contribution in [0.3, 0.4) is 0 Å². The molecule has 1 aromatic rings. The summed E-state index contributed by atoms with van der Waals surface area (Å²) in [5.41, 5.74) is 1.35. The maximum Gasteiger partial charge on any atom is 0.0664 e. The van der Waals surface area contributed by atoms with E-state index in [1.807, 2.05) is 0 Å². The molecule has 15 heavy (non-hydrogen) atoms. The van der Waals surface area contributed by atoms with E-state index in [9.17, 15) is 0 Å². The topological polar surface area (TPSA) is 21.3 Å². The van der Waals surface area contributed by atoms with Gasteiger partial charge in [0.05, 0.1) is 6.10 Å². The molecule has 1 N–H and O–H groups in total. The van der Waals surface area contributed by atoms with Crippen LogP contribution in [0.1, 0.15) is 17.9 Å². The van der Waals surface area contributed by atoms with Crippen molar-refractivity contribution in [3.63, 3.8) is 0 Å². The summed E-state index contributed by atoms with van der Waals surface area (Å²) in [4.78, 5) is 0. The van der Waals surface area contributed by atoms with Gasteiger partial charge in [-0.1, -0.05) is 28.1 Å². The zero-order valence-electron chi connectivity index (χ0n) is 8.87. The molecule has 1 aliphatic rings. The van der Waals surface area contributed by atoms with Crippen molar-refractivity contribution in [2.24, 2.45) is 0 Å². The Morgan fingerprint density at radius 1 is 1.47 bits per heavy atom. The smallest absolute Gasteiger partial charge is 0.0664 e. The second kappa shape index (κ2) is 5.10. The molecule has 2 nitrogen and oxygen atoms in total. The van der Waals surface area contributed by atoms with Crippen molar-refractivity contribution >= 4 is 15.9 Å². The van der Waals surface area contributed by atoms with Crippen LogP contribution in [-0.2, 0) is 4.74 Å². The average Bonchev–Trinajstić information content (AvgIpc) is 2.29. The molecule has 2 unspecified atom stereocenters. The first-order chi connectivity index (χ1) is 7.31. The third kappa shape index (κ3) is 2.60. The quantitative estimate of drug-likeness (QED) is 0.891. The third-order valence-electron chi connectivity index (χ3n) is 3.00. The normalized spacial score (nSPS) is 26.5. The van der Waals surface area contributed by atoms with Gasteiger partial charge < -0.3 is 10.1 Å². The van der Waals surface area contributed by atoms with E-state index in [1.165, 1.54) is 5.56 Å². The number of hydrogen-bond donors (Lipinski definition) is 1. The van der Waals surface area contributed by atoms with E-state index in [1.54, 1.807) is 7.11 Å². The summed E-state index contributed by atoms with van der Waals surface area (Å²) in [6.45, 7) is 2.07. The molecule has 0 aliphatic carbocycles. The van der Waals surface area contributed by atoms with Gasteiger partial charge in [0.15, 0.2) is 0 Å². The van der Waals surface area contributed by atoms with E-state index in [0.29, 0.717) is 12.0 Å². The second-order valence-corrected chi connectivity index (χ2v) is 4.84. The molecule has 0 bridgehead atoms. The van der Waals surface area contributed by atoms with Crippen molar-refractivity contribution in [1.82, 2.24) is 5.32 Å². The summed E-state index contributed by atoms with van der Waals surface area (Å²) in [7, 11) is 1.81. The Bertz CT molecular complexity index is 329. The highest BCUT2D eigenvalue weighted by Gasteiger charge is 2.25. The van der Waals surface area contributed by atoms with Crippen molar-refractivity contribution in [2.45, 2.75) is 18.4 Å². The Labute approximate surface area is 99.1 Å². The predicted octanol–water partition coefficient (Wildman–Crippen LogP) is 2.54.